The number of aryl methyl sites for hydroxylation is 3. The first-order valence-electron chi connectivity index (χ1n) is 12.4. The van der Waals surface area contributed by atoms with Gasteiger partial charge in [0.2, 0.25) is 0 Å². The van der Waals surface area contributed by atoms with Gasteiger partial charge in [0.05, 0.1) is 0 Å². The summed E-state index contributed by atoms with van der Waals surface area (Å²) in [7, 11) is 0. The number of rotatable bonds is 6. The minimum Gasteiger partial charge on any atom is -0.397 e. The van der Waals surface area contributed by atoms with Gasteiger partial charge in [-0.2, -0.15) is 0 Å². The lowest BCUT2D eigenvalue weighted by molar-refractivity contribution is -0.0980. The van der Waals surface area contributed by atoms with Gasteiger partial charge in [-0.25, -0.2) is 8.78 Å². The van der Waals surface area contributed by atoms with E-state index < -0.39 is 5.92 Å². The zero-order valence-electron chi connectivity index (χ0n) is 23.6. The van der Waals surface area contributed by atoms with Crippen molar-refractivity contribution >= 4 is 6.79 Å². The predicted molar refractivity (Wildman–Crippen MR) is 153 cm³/mol. The van der Waals surface area contributed by atoms with Gasteiger partial charge in [0.1, 0.15) is 6.79 Å². The van der Waals surface area contributed by atoms with Crippen LogP contribution in [0.4, 0.5) is 8.78 Å². The van der Waals surface area contributed by atoms with Crippen LogP contribution in [-0.2, 0) is 17.1 Å². The molecule has 1 unspecified atom stereocenters. The highest BCUT2D eigenvalue weighted by atomic mass is 19.3. The molecule has 0 aliphatic rings. The number of aliphatic hydroxyl groups excluding tert-OH is 1. The molecule has 0 aliphatic carbocycles. The molecule has 4 heteroatoms. The highest BCUT2D eigenvalue weighted by molar-refractivity contribution is 5.26. The number of benzene rings is 2. The summed E-state index contributed by atoms with van der Waals surface area (Å²) in [4.78, 5) is 8.00. The van der Waals surface area contributed by atoms with Crippen molar-refractivity contribution in [2.45, 2.75) is 87.5 Å². The normalized spacial score (nSPS) is 11.4. The van der Waals surface area contributed by atoms with Crippen molar-refractivity contribution in [3.63, 3.8) is 0 Å². The van der Waals surface area contributed by atoms with E-state index in [4.69, 9.17) is 9.90 Å². The molecule has 0 heterocycles. The lowest BCUT2D eigenvalue weighted by Gasteiger charge is -2.17. The topological polar surface area (TPSA) is 37.3 Å². The van der Waals surface area contributed by atoms with E-state index in [1.165, 1.54) is 48.1 Å². The summed E-state index contributed by atoms with van der Waals surface area (Å²) in [5.41, 5.74) is 5.17. The molecule has 0 bridgehead atoms. The van der Waals surface area contributed by atoms with Crippen LogP contribution in [0.25, 0.3) is 0 Å². The van der Waals surface area contributed by atoms with Crippen LogP contribution in [0.5, 0.6) is 0 Å². The third kappa shape index (κ3) is 19.6. The fraction of sp³-hybridized carbons (Fsp3) is 0.516. The Hall–Kier alpha value is -2.33. The third-order valence-electron chi connectivity index (χ3n) is 5.58. The average Bonchev–Trinajstić information content (AvgIpc) is 2.82. The summed E-state index contributed by atoms with van der Waals surface area (Å²) < 4.78 is 25.3. The van der Waals surface area contributed by atoms with Gasteiger partial charge >= 0.3 is 0 Å². The summed E-state index contributed by atoms with van der Waals surface area (Å²) in [5, 5.41) is 7.57. The van der Waals surface area contributed by atoms with Crippen LogP contribution >= 0.6 is 0 Å². The fourth-order valence-electron chi connectivity index (χ4n) is 2.92. The summed E-state index contributed by atoms with van der Waals surface area (Å²) in [6, 6.07) is 15.0. The number of halogens is 2. The van der Waals surface area contributed by atoms with Crippen molar-refractivity contribution in [1.29, 1.82) is 0 Å². The van der Waals surface area contributed by atoms with Crippen LogP contribution in [0.2, 0.25) is 0 Å². The summed E-state index contributed by atoms with van der Waals surface area (Å²) in [6.07, 6.45) is 3.71. The molecular formula is C31H54F2O2. The third-order valence-corrected chi connectivity index (χ3v) is 5.58. The van der Waals surface area contributed by atoms with E-state index in [-0.39, 0.29) is 15.0 Å². The summed E-state index contributed by atoms with van der Waals surface area (Å²) in [6.45, 7) is 23.8. The van der Waals surface area contributed by atoms with Gasteiger partial charge < -0.3 is 9.90 Å². The van der Waals surface area contributed by atoms with Crippen LogP contribution in [0, 0.1) is 25.7 Å². The number of alkyl halides is 2. The maximum absolute atomic E-state index is 12.6. The Kier molecular flexibility index (Phi) is 23.6. The molecule has 2 rings (SSSR count). The zero-order valence-corrected chi connectivity index (χ0v) is 23.6. The van der Waals surface area contributed by atoms with Gasteiger partial charge in [-0.3, -0.25) is 0 Å². The standard InChI is InChI=1S/C10H14.C9H10F2.C9H18.C2H6O.CH2O.2H2/c1-3-6-10-8-5-4-7-9(10)2;1-7-4-3-5-8(6-7)9(2,10)11;1-6-8(4)9(5)7(2)3;1-2-3;1-2;;/h4-5,7-8H,3,6H2,1-2H3;3-6H,1-2H3;8-9H,2,6H2,1,3-5H3;3H,2H2,1H3;1H2;2*1H/t;;8-,9?;;;;/m..0..../s1. The Morgan fingerprint density at radius 1 is 1.03 bits per heavy atom. The highest BCUT2D eigenvalue weighted by Gasteiger charge is 2.23. The van der Waals surface area contributed by atoms with E-state index in [1.54, 1.807) is 26.0 Å². The first kappa shape index (κ1) is 37.2. The largest absolute Gasteiger partial charge is 0.397 e. The lowest BCUT2D eigenvalue weighted by Crippen LogP contribution is -2.06. The van der Waals surface area contributed by atoms with Crippen LogP contribution < -0.4 is 0 Å². The Bertz CT molecular complexity index is 793. The minimum atomic E-state index is -2.72. The van der Waals surface area contributed by atoms with Crippen molar-refractivity contribution in [2.75, 3.05) is 6.61 Å². The molecule has 204 valence electrons. The molecule has 0 saturated carbocycles. The molecule has 0 radical (unpaired) electrons. The minimum absolute atomic E-state index is 0. The first-order chi connectivity index (χ1) is 16.3. The quantitative estimate of drug-likeness (QED) is 0.404. The SMILES string of the molecule is C=C(C)C(C)[C@@H](C)CC.C=O.CCCc1ccccc1C.CCO.Cc1cccc(C(C)(F)F)c1.[HH].[HH]. The summed E-state index contributed by atoms with van der Waals surface area (Å²) in [5.74, 6) is -1.23. The Labute approximate surface area is 217 Å². The van der Waals surface area contributed by atoms with Gasteiger partial charge in [0, 0.05) is 21.9 Å². The van der Waals surface area contributed by atoms with Crippen molar-refractivity contribution in [2.24, 2.45) is 11.8 Å². The molecule has 2 aromatic rings. The smallest absolute Gasteiger partial charge is 0.270 e. The second-order valence-corrected chi connectivity index (χ2v) is 8.77. The Morgan fingerprint density at radius 2 is 1.54 bits per heavy atom. The van der Waals surface area contributed by atoms with Gasteiger partial charge in [0.15, 0.2) is 0 Å². The molecule has 0 aliphatic heterocycles. The lowest BCUT2D eigenvalue weighted by atomic mass is 9.89. The van der Waals surface area contributed by atoms with Crippen molar-refractivity contribution in [3.8, 4) is 0 Å². The second-order valence-electron chi connectivity index (χ2n) is 8.77. The molecule has 2 nitrogen and oxygen atoms in total. The zero-order chi connectivity index (χ0) is 28.0. The van der Waals surface area contributed by atoms with E-state index in [0.717, 1.165) is 18.4 Å². The van der Waals surface area contributed by atoms with Crippen molar-refractivity contribution < 1.29 is 21.5 Å². The molecule has 1 N–H and O–H groups in total. The van der Waals surface area contributed by atoms with E-state index in [0.29, 0.717) is 5.92 Å². The van der Waals surface area contributed by atoms with Crippen LogP contribution in [0.1, 0.15) is 86.4 Å². The molecule has 0 spiro atoms. The van der Waals surface area contributed by atoms with E-state index in [1.807, 2.05) is 6.79 Å². The Morgan fingerprint density at radius 3 is 1.86 bits per heavy atom. The van der Waals surface area contributed by atoms with Gasteiger partial charge in [0.25, 0.3) is 5.92 Å². The molecule has 0 saturated heterocycles. The predicted octanol–water partition coefficient (Wildman–Crippen LogP) is 9.60. The average molecular weight is 497 g/mol. The van der Waals surface area contributed by atoms with Crippen molar-refractivity contribution in [3.05, 3.63) is 82.9 Å². The number of hydrogen-bond acceptors (Lipinski definition) is 2. The number of aliphatic hydroxyl groups is 1. The molecule has 35 heavy (non-hydrogen) atoms. The number of allylic oxidation sites excluding steroid dienone is 1. The van der Waals surface area contributed by atoms with Crippen LogP contribution in [0.3, 0.4) is 0 Å². The van der Waals surface area contributed by atoms with Gasteiger partial charge in [-0.15, -0.1) is 0 Å². The number of carbonyl (C=O) groups excluding carboxylic acids is 1. The summed E-state index contributed by atoms with van der Waals surface area (Å²) >= 11 is 0. The second kappa shape index (κ2) is 22.2. The van der Waals surface area contributed by atoms with Crippen molar-refractivity contribution in [1.82, 2.24) is 0 Å². The molecule has 0 aromatic heterocycles. The maximum Gasteiger partial charge on any atom is 0.270 e. The molecule has 0 amide bonds. The number of carbonyl (C=O) groups is 1. The van der Waals surface area contributed by atoms with E-state index in [2.05, 4.69) is 72.4 Å². The van der Waals surface area contributed by atoms with E-state index in [9.17, 15) is 8.78 Å². The van der Waals surface area contributed by atoms with Gasteiger partial charge in [-0.1, -0.05) is 107 Å². The molecule has 2 aromatic carbocycles. The van der Waals surface area contributed by atoms with E-state index >= 15 is 0 Å². The number of hydrogen-bond donors (Lipinski definition) is 1. The monoisotopic (exact) mass is 496 g/mol. The fourth-order valence-corrected chi connectivity index (χ4v) is 2.92. The highest BCUT2D eigenvalue weighted by Crippen LogP contribution is 2.26. The molecular weight excluding hydrogens is 442 g/mol. The van der Waals surface area contributed by atoms with Crippen LogP contribution in [0.15, 0.2) is 60.7 Å². The Balaban J connectivity index is -0.000000124. The van der Waals surface area contributed by atoms with Gasteiger partial charge in [-0.05, 0) is 57.1 Å². The van der Waals surface area contributed by atoms with Crippen LogP contribution in [-0.4, -0.2) is 18.5 Å². The molecule has 0 fully saturated rings. The maximum atomic E-state index is 12.6. The first-order valence-corrected chi connectivity index (χ1v) is 12.4. The molecule has 2 atom stereocenters.